The molecule has 8 bridgehead atoms. The Labute approximate surface area is 342 Å². The van der Waals surface area contributed by atoms with Crippen molar-refractivity contribution in [2.45, 2.75) is 120 Å². The summed E-state index contributed by atoms with van der Waals surface area (Å²) in [6.45, 7) is 21.1. The van der Waals surface area contributed by atoms with Crippen LogP contribution >= 0.6 is 0 Å². The summed E-state index contributed by atoms with van der Waals surface area (Å²) in [5.74, 6) is 0. The Morgan fingerprint density at radius 3 is 1.18 bits per heavy atom. The molecule has 286 valence electrons. The van der Waals surface area contributed by atoms with Crippen molar-refractivity contribution in [3.05, 3.63) is 142 Å². The van der Waals surface area contributed by atoms with Crippen LogP contribution in [-0.4, -0.2) is 0 Å². The van der Waals surface area contributed by atoms with Crippen molar-refractivity contribution in [1.29, 1.82) is 0 Å². The second-order valence-electron chi connectivity index (χ2n) is 14.6. The third-order valence-corrected chi connectivity index (χ3v) is 11.7. The zero-order valence-corrected chi connectivity index (χ0v) is 36.5. The van der Waals surface area contributed by atoms with Gasteiger partial charge in [-0.2, -0.15) is 4.57 Å². The van der Waals surface area contributed by atoms with Gasteiger partial charge in [-0.1, -0.05) is 142 Å². The number of hydrogen-bond acceptors (Lipinski definition) is 0. The topological polar surface area (TPSA) is 60.3 Å². The number of pyridine rings is 1. The van der Waals surface area contributed by atoms with E-state index in [1.54, 1.807) is 0 Å². The Bertz CT molecular complexity index is 2330. The second kappa shape index (κ2) is 17.2. The fourth-order valence-electron chi connectivity index (χ4n) is 9.17. The smallest absolute Gasteiger partial charge is 0.657 e. The van der Waals surface area contributed by atoms with E-state index < -0.39 is 0 Å². The van der Waals surface area contributed by atoms with Crippen molar-refractivity contribution in [3.8, 4) is 11.3 Å². The van der Waals surface area contributed by atoms with Gasteiger partial charge in [-0.3, -0.25) is 0 Å². The van der Waals surface area contributed by atoms with Gasteiger partial charge in [-0.15, -0.1) is 44.2 Å². The summed E-state index contributed by atoms with van der Waals surface area (Å²) in [5, 5.41) is 4.23. The molecule has 0 aliphatic carbocycles. The van der Waals surface area contributed by atoms with Crippen LogP contribution < -0.4 is 45.9 Å². The van der Waals surface area contributed by atoms with Gasteiger partial charge in [0.1, 0.15) is 0 Å². The van der Waals surface area contributed by atoms with E-state index in [0.717, 1.165) is 102 Å². The zero-order valence-electron chi connectivity index (χ0n) is 34.3. The van der Waals surface area contributed by atoms with Gasteiger partial charge >= 0.3 is 21.1 Å². The van der Waals surface area contributed by atoms with Crippen molar-refractivity contribution in [2.24, 2.45) is 0 Å². The third-order valence-electron chi connectivity index (χ3n) is 11.7. The van der Waals surface area contributed by atoms with E-state index in [0.29, 0.717) is 0 Å². The SMILES string of the molecule is CCc1c2[n-]c(c1CC)C=c1[n-]c(c(CC)c1CC)=Cc1[n-]c(c(CC)c1CC)C=c1[n-]c(c(CC)c1CC)=C2.Cc1ccc[n+]2c1-c1ccccc1C2.[Pt+4]. The van der Waals surface area contributed by atoms with Crippen molar-refractivity contribution in [2.75, 3.05) is 0 Å². The molecule has 8 rings (SSSR count). The first-order valence-corrected chi connectivity index (χ1v) is 20.5. The number of nitrogens with zero attached hydrogens (tertiary/aromatic N) is 5. The number of benzene rings is 1. The van der Waals surface area contributed by atoms with E-state index in [-0.39, 0.29) is 21.1 Å². The molecular weight excluding hydrogens is 854 g/mol. The van der Waals surface area contributed by atoms with E-state index in [9.17, 15) is 0 Å². The fraction of sp³-hybridized carbons (Fsp3) is 0.367. The molecule has 5 aromatic heterocycles. The number of aryl methyl sites for hydroxylation is 1. The van der Waals surface area contributed by atoms with Gasteiger partial charge < -0.3 is 19.9 Å². The van der Waals surface area contributed by atoms with Crippen LogP contribution in [0.3, 0.4) is 0 Å². The first kappa shape index (κ1) is 40.3. The minimum Gasteiger partial charge on any atom is -0.657 e. The third kappa shape index (κ3) is 7.26. The number of hydrogen-bond donors (Lipinski definition) is 0. The largest absolute Gasteiger partial charge is 4.00 e. The number of fused-ring (bicyclic) bond motifs is 11. The molecule has 0 N–H and O–H groups in total. The standard InChI is InChI=1S/C36H44N4.C13H12N.Pt/c1-9-21-22(10-2)30-18-32-25(13-5)26(14-6)34(39-32)20-36-28(16-8)27(15-7)35(40-36)19-33-24(12-4)23(11-3)31(38-33)17-29(21)37-30;1-10-5-4-8-14-9-11-6-2-3-7-12(11)13(10)14;/h17-20H,9-16H2,1-8H3;2-8H,9H2,1H3;/q-4;+1;+4. The van der Waals surface area contributed by atoms with Gasteiger partial charge in [0.05, 0.1) is 5.56 Å². The van der Waals surface area contributed by atoms with Crippen LogP contribution in [0.15, 0.2) is 42.6 Å². The predicted molar refractivity (Wildman–Crippen MR) is 223 cm³/mol. The van der Waals surface area contributed by atoms with E-state index >= 15 is 0 Å². The van der Waals surface area contributed by atoms with Gasteiger partial charge in [0.15, 0.2) is 12.7 Å². The summed E-state index contributed by atoms with van der Waals surface area (Å²) in [6.07, 6.45) is 18.7. The summed E-state index contributed by atoms with van der Waals surface area (Å²) in [4.78, 5) is 21.0. The fourth-order valence-corrected chi connectivity index (χ4v) is 9.17. The molecule has 7 heterocycles. The van der Waals surface area contributed by atoms with Gasteiger partial charge in [0.2, 0.25) is 5.69 Å². The first-order valence-electron chi connectivity index (χ1n) is 20.5. The quantitative estimate of drug-likeness (QED) is 0.177. The molecule has 0 unspecified atom stereocenters. The van der Waals surface area contributed by atoms with Crippen LogP contribution in [0.4, 0.5) is 0 Å². The molecule has 2 aliphatic heterocycles. The van der Waals surface area contributed by atoms with Crippen molar-refractivity contribution < 1.29 is 25.6 Å². The Morgan fingerprint density at radius 2 is 0.818 bits per heavy atom. The molecule has 1 aromatic carbocycles. The summed E-state index contributed by atoms with van der Waals surface area (Å²) >= 11 is 0. The van der Waals surface area contributed by atoms with Gasteiger partial charge in [0.25, 0.3) is 0 Å². The molecule has 6 aromatic rings. The average Bonchev–Trinajstić information content (AvgIpc) is 3.98. The maximum absolute atomic E-state index is 5.25. The Kier molecular flexibility index (Phi) is 12.6. The monoisotopic (exact) mass is 909 g/mol. The maximum atomic E-state index is 5.25. The van der Waals surface area contributed by atoms with E-state index in [1.807, 2.05) is 0 Å². The summed E-state index contributed by atoms with van der Waals surface area (Å²) < 4.78 is 2.32. The Morgan fingerprint density at radius 1 is 0.455 bits per heavy atom. The van der Waals surface area contributed by atoms with E-state index in [4.69, 9.17) is 19.9 Å². The van der Waals surface area contributed by atoms with Gasteiger partial charge in [-0.05, 0) is 70.4 Å². The molecule has 0 radical (unpaired) electrons. The zero-order chi connectivity index (χ0) is 38.1. The molecule has 0 fully saturated rings. The van der Waals surface area contributed by atoms with Crippen LogP contribution in [0.25, 0.3) is 35.6 Å². The van der Waals surface area contributed by atoms with Crippen LogP contribution in [-0.2, 0) is 79.0 Å². The van der Waals surface area contributed by atoms with Crippen LogP contribution in [0, 0.1) is 6.92 Å². The molecule has 2 aliphatic rings. The molecule has 0 spiro atoms. The Balaban J connectivity index is 0.000000285. The minimum absolute atomic E-state index is 0. The van der Waals surface area contributed by atoms with Crippen molar-refractivity contribution in [1.82, 2.24) is 19.9 Å². The maximum Gasteiger partial charge on any atom is 4.00 e. The average molecular weight is 910 g/mol. The summed E-state index contributed by atoms with van der Waals surface area (Å²) in [5.41, 5.74) is 20.5. The Hall–Kier alpha value is -4.34. The van der Waals surface area contributed by atoms with E-state index in [2.05, 4.69) is 134 Å². The first-order chi connectivity index (χ1) is 26.3. The molecule has 0 atom stereocenters. The predicted octanol–water partition coefficient (Wildman–Crippen LogP) is 5.95. The number of rotatable bonds is 8. The molecule has 5 nitrogen and oxygen atoms in total. The van der Waals surface area contributed by atoms with Crippen molar-refractivity contribution >= 4 is 24.3 Å². The normalized spacial score (nSPS) is 12.3. The molecule has 0 saturated heterocycles. The minimum atomic E-state index is 0. The van der Waals surface area contributed by atoms with Crippen molar-refractivity contribution in [3.63, 3.8) is 0 Å². The van der Waals surface area contributed by atoms with Gasteiger partial charge in [0, 0.05) is 17.2 Å². The summed E-state index contributed by atoms with van der Waals surface area (Å²) in [6, 6.07) is 12.9. The summed E-state index contributed by atoms with van der Waals surface area (Å²) in [7, 11) is 0. The molecule has 55 heavy (non-hydrogen) atoms. The molecule has 0 amide bonds. The molecular formula is C49H56N5Pt+. The van der Waals surface area contributed by atoms with E-state index in [1.165, 1.54) is 66.9 Å². The van der Waals surface area contributed by atoms with Crippen LogP contribution in [0.2, 0.25) is 0 Å². The second-order valence-corrected chi connectivity index (χ2v) is 14.6. The molecule has 0 saturated carbocycles. The van der Waals surface area contributed by atoms with Crippen LogP contribution in [0.5, 0.6) is 0 Å². The van der Waals surface area contributed by atoms with Gasteiger partial charge in [-0.25, -0.2) is 0 Å². The molecule has 6 heteroatoms. The van der Waals surface area contributed by atoms with Crippen LogP contribution in [0.1, 0.15) is 134 Å². The number of aromatic nitrogens is 5.